The van der Waals surface area contributed by atoms with Crippen LogP contribution < -0.4 is 10.0 Å². The Morgan fingerprint density at radius 1 is 1.13 bits per heavy atom. The van der Waals surface area contributed by atoms with Gasteiger partial charge in [0.15, 0.2) is 0 Å². The van der Waals surface area contributed by atoms with Crippen LogP contribution in [0.15, 0.2) is 64.2 Å². The second-order valence-corrected chi connectivity index (χ2v) is 10.2. The lowest BCUT2D eigenvalue weighted by Crippen LogP contribution is -2.35. The number of rotatable bonds is 8. The SMILES string of the molecule is CN(C)C(CNC(=O)c1ccccc1NS(=O)(=O)c1cccs1)c1c(F)cccc1Cl. The van der Waals surface area contributed by atoms with Gasteiger partial charge in [0.1, 0.15) is 10.0 Å². The van der Waals surface area contributed by atoms with Gasteiger partial charge in [0.25, 0.3) is 15.9 Å². The monoisotopic (exact) mass is 481 g/mol. The van der Waals surface area contributed by atoms with Crippen LogP contribution in [0.1, 0.15) is 22.0 Å². The lowest BCUT2D eigenvalue weighted by molar-refractivity contribution is 0.0942. The van der Waals surface area contributed by atoms with Crippen molar-refractivity contribution < 1.29 is 17.6 Å². The van der Waals surface area contributed by atoms with E-state index in [4.69, 9.17) is 11.6 Å². The largest absolute Gasteiger partial charge is 0.350 e. The fraction of sp³-hybridized carbons (Fsp3) is 0.190. The highest BCUT2D eigenvalue weighted by molar-refractivity contribution is 7.94. The average Bonchev–Trinajstić information content (AvgIpc) is 3.26. The number of carbonyl (C=O) groups excluding carboxylic acids is 1. The third kappa shape index (κ3) is 5.43. The average molecular weight is 482 g/mol. The number of halogens is 2. The number of sulfonamides is 1. The summed E-state index contributed by atoms with van der Waals surface area (Å²) in [5.74, 6) is -0.964. The third-order valence-corrected chi connectivity index (χ3v) is 7.68. The van der Waals surface area contributed by atoms with Gasteiger partial charge in [0.2, 0.25) is 0 Å². The molecule has 1 amide bonds. The molecule has 0 aliphatic heterocycles. The van der Waals surface area contributed by atoms with Crippen LogP contribution in [0.25, 0.3) is 0 Å². The fourth-order valence-corrected chi connectivity index (χ4v) is 5.40. The number of benzene rings is 2. The maximum atomic E-state index is 14.4. The molecule has 6 nitrogen and oxygen atoms in total. The Morgan fingerprint density at radius 3 is 2.52 bits per heavy atom. The van der Waals surface area contributed by atoms with Crippen LogP contribution in [0, 0.1) is 5.82 Å². The standard InChI is InChI=1S/C21H21ClFN3O3S2/c1-26(2)18(20-15(22)8-5-9-16(20)23)13-24-21(27)14-7-3-4-10-17(14)25-31(28,29)19-11-6-12-30-19/h3-12,18,25H,13H2,1-2H3,(H,24,27). The Kier molecular flexibility index (Phi) is 7.32. The molecule has 0 saturated carbocycles. The summed E-state index contributed by atoms with van der Waals surface area (Å²) in [6.07, 6.45) is 0. The van der Waals surface area contributed by atoms with E-state index in [1.165, 1.54) is 30.3 Å². The molecule has 0 aliphatic rings. The minimum atomic E-state index is -3.81. The Bertz CT molecular complexity index is 1150. The molecular weight excluding hydrogens is 461 g/mol. The smallest absolute Gasteiger partial charge is 0.271 e. The first-order chi connectivity index (χ1) is 14.7. The summed E-state index contributed by atoms with van der Waals surface area (Å²) >= 11 is 7.27. The lowest BCUT2D eigenvalue weighted by Gasteiger charge is -2.26. The van der Waals surface area contributed by atoms with Gasteiger partial charge in [0, 0.05) is 17.1 Å². The van der Waals surface area contributed by atoms with Crippen LogP contribution in [-0.4, -0.2) is 39.9 Å². The van der Waals surface area contributed by atoms with Gasteiger partial charge in [-0.05, 0) is 49.8 Å². The van der Waals surface area contributed by atoms with Crippen LogP contribution in [0.2, 0.25) is 5.02 Å². The van der Waals surface area contributed by atoms with Gasteiger partial charge in [-0.1, -0.05) is 35.9 Å². The number of thiophene rings is 1. The third-order valence-electron chi connectivity index (χ3n) is 4.59. The number of nitrogens with zero attached hydrogens (tertiary/aromatic N) is 1. The number of amides is 1. The van der Waals surface area contributed by atoms with E-state index in [2.05, 4.69) is 10.0 Å². The van der Waals surface area contributed by atoms with Crippen LogP contribution in [0.5, 0.6) is 0 Å². The number of nitrogens with one attached hydrogen (secondary N) is 2. The number of hydrogen-bond acceptors (Lipinski definition) is 5. The van der Waals surface area contributed by atoms with E-state index in [-0.39, 0.29) is 32.6 Å². The first-order valence-corrected chi connectivity index (χ1v) is 12.0. The zero-order valence-corrected chi connectivity index (χ0v) is 19.2. The quantitative estimate of drug-likeness (QED) is 0.500. The molecule has 0 spiro atoms. The van der Waals surface area contributed by atoms with Crippen molar-refractivity contribution in [2.75, 3.05) is 25.4 Å². The lowest BCUT2D eigenvalue weighted by atomic mass is 10.0. The zero-order chi connectivity index (χ0) is 22.6. The second-order valence-electron chi connectivity index (χ2n) is 6.91. The molecular formula is C21H21ClFN3O3S2. The summed E-state index contributed by atoms with van der Waals surface area (Å²) in [4.78, 5) is 14.6. The minimum Gasteiger partial charge on any atom is -0.350 e. The molecule has 2 N–H and O–H groups in total. The zero-order valence-electron chi connectivity index (χ0n) is 16.8. The number of hydrogen-bond donors (Lipinski definition) is 2. The van der Waals surface area contributed by atoms with E-state index in [0.29, 0.717) is 0 Å². The minimum absolute atomic E-state index is 0.0680. The van der Waals surface area contributed by atoms with Crippen LogP contribution in [0.4, 0.5) is 10.1 Å². The first-order valence-electron chi connectivity index (χ1n) is 9.24. The Morgan fingerprint density at radius 2 is 1.87 bits per heavy atom. The van der Waals surface area contributed by atoms with E-state index in [9.17, 15) is 17.6 Å². The van der Waals surface area contributed by atoms with Crippen LogP contribution in [-0.2, 0) is 10.0 Å². The molecule has 1 unspecified atom stereocenters. The number of para-hydroxylation sites is 1. The molecule has 0 saturated heterocycles. The van der Waals surface area contributed by atoms with E-state index in [1.807, 2.05) is 0 Å². The molecule has 0 bridgehead atoms. The van der Waals surface area contributed by atoms with Crippen molar-refractivity contribution in [3.8, 4) is 0 Å². The van der Waals surface area contributed by atoms with Crippen molar-refractivity contribution in [3.63, 3.8) is 0 Å². The molecule has 0 fully saturated rings. The molecule has 10 heteroatoms. The summed E-state index contributed by atoms with van der Waals surface area (Å²) in [5, 5.41) is 4.67. The highest BCUT2D eigenvalue weighted by atomic mass is 35.5. The highest BCUT2D eigenvalue weighted by Gasteiger charge is 2.24. The molecule has 1 aromatic heterocycles. The Labute approximate surface area is 189 Å². The number of anilines is 1. The van der Waals surface area contributed by atoms with Gasteiger partial charge >= 0.3 is 0 Å². The van der Waals surface area contributed by atoms with Crippen molar-refractivity contribution in [1.29, 1.82) is 0 Å². The van der Waals surface area contributed by atoms with Gasteiger partial charge in [-0.15, -0.1) is 11.3 Å². The Hall–Kier alpha value is -2.46. The molecule has 0 radical (unpaired) electrons. The topological polar surface area (TPSA) is 78.5 Å². The normalized spacial score (nSPS) is 12.5. The molecule has 164 valence electrons. The summed E-state index contributed by atoms with van der Waals surface area (Å²) < 4.78 is 42.1. The predicted molar refractivity (Wildman–Crippen MR) is 122 cm³/mol. The van der Waals surface area contributed by atoms with Crippen molar-refractivity contribution >= 4 is 44.6 Å². The number of likely N-dealkylation sites (N-methyl/N-ethyl adjacent to an activating group) is 1. The van der Waals surface area contributed by atoms with E-state index in [1.54, 1.807) is 48.6 Å². The van der Waals surface area contributed by atoms with Gasteiger partial charge in [-0.3, -0.25) is 9.52 Å². The van der Waals surface area contributed by atoms with Gasteiger partial charge < -0.3 is 10.2 Å². The summed E-state index contributed by atoms with van der Waals surface area (Å²) in [7, 11) is -0.306. The summed E-state index contributed by atoms with van der Waals surface area (Å²) in [6, 6.07) is 13.3. The second kappa shape index (κ2) is 9.78. The van der Waals surface area contributed by atoms with Crippen molar-refractivity contribution in [1.82, 2.24) is 10.2 Å². The van der Waals surface area contributed by atoms with Gasteiger partial charge in [-0.2, -0.15) is 0 Å². The molecule has 3 aromatic rings. The number of carbonyl (C=O) groups is 1. The van der Waals surface area contributed by atoms with Crippen molar-refractivity contribution in [2.45, 2.75) is 10.3 Å². The molecule has 1 heterocycles. The molecule has 3 rings (SSSR count). The summed E-state index contributed by atoms with van der Waals surface area (Å²) in [6.45, 7) is 0.0680. The van der Waals surface area contributed by atoms with Crippen molar-refractivity contribution in [2.24, 2.45) is 0 Å². The Balaban J connectivity index is 1.81. The first kappa shape index (κ1) is 23.2. The van der Waals surface area contributed by atoms with Gasteiger partial charge in [-0.25, -0.2) is 12.8 Å². The molecule has 1 atom stereocenters. The van der Waals surface area contributed by atoms with E-state index >= 15 is 0 Å². The maximum Gasteiger partial charge on any atom is 0.271 e. The molecule has 0 aliphatic carbocycles. The van der Waals surface area contributed by atoms with Crippen molar-refractivity contribution in [3.05, 3.63) is 81.9 Å². The summed E-state index contributed by atoms with van der Waals surface area (Å²) in [5.41, 5.74) is 0.583. The predicted octanol–water partition coefficient (Wildman–Crippen LogP) is 4.37. The fourth-order valence-electron chi connectivity index (χ4n) is 3.04. The highest BCUT2D eigenvalue weighted by Crippen LogP contribution is 2.29. The van der Waals surface area contributed by atoms with Crippen LogP contribution in [0.3, 0.4) is 0 Å². The maximum absolute atomic E-state index is 14.4. The van der Waals surface area contributed by atoms with Gasteiger partial charge in [0.05, 0.1) is 17.3 Å². The molecule has 31 heavy (non-hydrogen) atoms. The molecule has 2 aromatic carbocycles. The van der Waals surface area contributed by atoms with E-state index < -0.39 is 27.8 Å². The van der Waals surface area contributed by atoms with Crippen LogP contribution >= 0.6 is 22.9 Å². The van der Waals surface area contributed by atoms with E-state index in [0.717, 1.165) is 11.3 Å².